The van der Waals surface area contributed by atoms with E-state index in [1.807, 2.05) is 11.4 Å². The van der Waals surface area contributed by atoms with Gasteiger partial charge in [-0.05, 0) is 23.6 Å². The van der Waals surface area contributed by atoms with Crippen LogP contribution in [-0.4, -0.2) is 11.1 Å². The number of carboxylic acid groups (broad SMARTS) is 1. The van der Waals surface area contributed by atoms with Crippen molar-refractivity contribution >= 4 is 43.3 Å². The molecule has 0 aliphatic heterocycles. The average molecular weight is 257 g/mol. The van der Waals surface area contributed by atoms with Gasteiger partial charge in [0.2, 0.25) is 0 Å². The molecular formula is C9H5BrO2S. The monoisotopic (exact) mass is 256 g/mol. The van der Waals surface area contributed by atoms with Crippen molar-refractivity contribution in [3.05, 3.63) is 33.6 Å². The molecule has 0 spiro atoms. The molecule has 1 heterocycles. The molecule has 1 N–H and O–H groups in total. The third kappa shape index (κ3) is 1.47. The summed E-state index contributed by atoms with van der Waals surface area (Å²) in [6, 6.07) is 5.28. The van der Waals surface area contributed by atoms with Crippen LogP contribution in [0.4, 0.5) is 0 Å². The first-order chi connectivity index (χ1) is 6.18. The number of halogens is 1. The maximum atomic E-state index is 10.7. The summed E-state index contributed by atoms with van der Waals surface area (Å²) >= 11 is 4.88. The topological polar surface area (TPSA) is 37.3 Å². The average Bonchev–Trinajstić information content (AvgIpc) is 2.51. The molecule has 0 aliphatic carbocycles. The van der Waals surface area contributed by atoms with E-state index in [1.54, 1.807) is 12.1 Å². The Labute approximate surface area is 86.9 Å². The second kappa shape index (κ2) is 3.12. The molecule has 0 saturated carbocycles. The van der Waals surface area contributed by atoms with E-state index in [0.717, 1.165) is 14.6 Å². The van der Waals surface area contributed by atoms with E-state index in [1.165, 1.54) is 11.3 Å². The standard InChI is InChI=1S/C9H5BrO2S/c10-7-3-5(9(11)12)4-8-6(7)1-2-13-8/h1-4H,(H,11,12). The summed E-state index contributed by atoms with van der Waals surface area (Å²) in [5.41, 5.74) is 0.321. The Morgan fingerprint density at radius 1 is 1.46 bits per heavy atom. The van der Waals surface area contributed by atoms with E-state index >= 15 is 0 Å². The second-order valence-corrected chi connectivity index (χ2v) is 4.40. The van der Waals surface area contributed by atoms with Crippen LogP contribution in [0.5, 0.6) is 0 Å². The fraction of sp³-hybridized carbons (Fsp3) is 0. The van der Waals surface area contributed by atoms with Crippen LogP contribution >= 0.6 is 27.3 Å². The van der Waals surface area contributed by atoms with Crippen molar-refractivity contribution in [1.82, 2.24) is 0 Å². The highest BCUT2D eigenvalue weighted by molar-refractivity contribution is 9.10. The smallest absolute Gasteiger partial charge is 0.335 e. The summed E-state index contributed by atoms with van der Waals surface area (Å²) < 4.78 is 1.83. The Morgan fingerprint density at radius 3 is 2.92 bits per heavy atom. The summed E-state index contributed by atoms with van der Waals surface area (Å²) in [5.74, 6) is -0.893. The highest BCUT2D eigenvalue weighted by atomic mass is 79.9. The van der Waals surface area contributed by atoms with Gasteiger partial charge in [-0.3, -0.25) is 0 Å². The lowest BCUT2D eigenvalue weighted by atomic mass is 10.2. The van der Waals surface area contributed by atoms with Gasteiger partial charge in [0, 0.05) is 14.6 Å². The fourth-order valence-electron chi connectivity index (χ4n) is 1.15. The predicted octanol–water partition coefficient (Wildman–Crippen LogP) is 3.36. The quantitative estimate of drug-likeness (QED) is 0.850. The Kier molecular flexibility index (Phi) is 2.09. The molecule has 4 heteroatoms. The third-order valence-corrected chi connectivity index (χ3v) is 3.29. The summed E-state index contributed by atoms with van der Waals surface area (Å²) in [5, 5.41) is 11.8. The van der Waals surface area contributed by atoms with Crippen molar-refractivity contribution in [2.75, 3.05) is 0 Å². The zero-order valence-electron chi connectivity index (χ0n) is 6.45. The largest absolute Gasteiger partial charge is 0.478 e. The molecule has 2 nitrogen and oxygen atoms in total. The van der Waals surface area contributed by atoms with E-state index in [4.69, 9.17) is 5.11 Å². The fourth-order valence-corrected chi connectivity index (χ4v) is 2.73. The second-order valence-electron chi connectivity index (χ2n) is 2.60. The number of carbonyl (C=O) groups is 1. The molecule has 2 rings (SSSR count). The zero-order valence-corrected chi connectivity index (χ0v) is 8.85. The van der Waals surface area contributed by atoms with Crippen molar-refractivity contribution in [3.63, 3.8) is 0 Å². The molecule has 0 saturated heterocycles. The van der Waals surface area contributed by atoms with Gasteiger partial charge in [-0.2, -0.15) is 0 Å². The van der Waals surface area contributed by atoms with Gasteiger partial charge < -0.3 is 5.11 Å². The molecule has 1 aromatic carbocycles. The highest BCUT2D eigenvalue weighted by Gasteiger charge is 2.07. The normalized spacial score (nSPS) is 10.5. The molecule has 0 aliphatic rings. The van der Waals surface area contributed by atoms with Crippen molar-refractivity contribution in [3.8, 4) is 0 Å². The van der Waals surface area contributed by atoms with Crippen molar-refractivity contribution in [2.24, 2.45) is 0 Å². The third-order valence-electron chi connectivity index (χ3n) is 1.77. The van der Waals surface area contributed by atoms with E-state index in [-0.39, 0.29) is 0 Å². The SMILES string of the molecule is O=C(O)c1cc(Br)c2ccsc2c1. The molecule has 0 fully saturated rings. The van der Waals surface area contributed by atoms with Crippen LogP contribution in [-0.2, 0) is 0 Å². The number of thiophene rings is 1. The molecular weight excluding hydrogens is 252 g/mol. The van der Waals surface area contributed by atoms with Crippen LogP contribution in [0.15, 0.2) is 28.1 Å². The Balaban J connectivity index is 2.77. The molecule has 1 aromatic heterocycles. The first-order valence-corrected chi connectivity index (χ1v) is 5.26. The number of hydrogen-bond donors (Lipinski definition) is 1. The minimum Gasteiger partial charge on any atom is -0.478 e. The van der Waals surface area contributed by atoms with E-state index in [9.17, 15) is 4.79 Å². The lowest BCUT2D eigenvalue weighted by Crippen LogP contribution is -1.95. The van der Waals surface area contributed by atoms with Crippen molar-refractivity contribution in [1.29, 1.82) is 0 Å². The maximum Gasteiger partial charge on any atom is 0.335 e. The van der Waals surface area contributed by atoms with Crippen molar-refractivity contribution < 1.29 is 9.90 Å². The van der Waals surface area contributed by atoms with E-state index in [0.29, 0.717) is 5.56 Å². The van der Waals surface area contributed by atoms with Crippen LogP contribution < -0.4 is 0 Å². The minimum atomic E-state index is -0.893. The Bertz CT molecular complexity index is 475. The lowest BCUT2D eigenvalue weighted by Gasteiger charge is -1.97. The molecule has 0 amide bonds. The Morgan fingerprint density at radius 2 is 2.23 bits per heavy atom. The van der Waals surface area contributed by atoms with Crippen LogP contribution in [0.1, 0.15) is 10.4 Å². The molecule has 2 aromatic rings. The molecule has 0 radical (unpaired) electrons. The number of fused-ring (bicyclic) bond motifs is 1. The number of hydrogen-bond acceptors (Lipinski definition) is 2. The van der Waals surface area contributed by atoms with Gasteiger partial charge >= 0.3 is 5.97 Å². The van der Waals surface area contributed by atoms with E-state index < -0.39 is 5.97 Å². The van der Waals surface area contributed by atoms with Crippen molar-refractivity contribution in [2.45, 2.75) is 0 Å². The first-order valence-electron chi connectivity index (χ1n) is 3.58. The van der Waals surface area contributed by atoms with Gasteiger partial charge in [0.1, 0.15) is 0 Å². The van der Waals surface area contributed by atoms with Gasteiger partial charge in [0.05, 0.1) is 5.56 Å². The maximum absolute atomic E-state index is 10.7. The summed E-state index contributed by atoms with van der Waals surface area (Å²) in [6.45, 7) is 0. The number of rotatable bonds is 1. The lowest BCUT2D eigenvalue weighted by molar-refractivity contribution is 0.0697. The van der Waals surface area contributed by atoms with E-state index in [2.05, 4.69) is 15.9 Å². The van der Waals surface area contributed by atoms with Gasteiger partial charge in [0.25, 0.3) is 0 Å². The molecule has 0 atom stereocenters. The van der Waals surface area contributed by atoms with Crippen LogP contribution in [0.3, 0.4) is 0 Å². The summed E-state index contributed by atoms with van der Waals surface area (Å²) in [4.78, 5) is 10.7. The summed E-state index contributed by atoms with van der Waals surface area (Å²) in [6.07, 6.45) is 0. The van der Waals surface area contributed by atoms with Crippen LogP contribution in [0.25, 0.3) is 10.1 Å². The van der Waals surface area contributed by atoms with Gasteiger partial charge in [0.15, 0.2) is 0 Å². The summed E-state index contributed by atoms with van der Waals surface area (Å²) in [7, 11) is 0. The highest BCUT2D eigenvalue weighted by Crippen LogP contribution is 2.29. The number of benzene rings is 1. The zero-order chi connectivity index (χ0) is 9.42. The van der Waals surface area contributed by atoms with Gasteiger partial charge in [-0.15, -0.1) is 11.3 Å². The molecule has 0 bridgehead atoms. The Hall–Kier alpha value is -0.870. The van der Waals surface area contributed by atoms with Crippen LogP contribution in [0, 0.1) is 0 Å². The predicted molar refractivity (Wildman–Crippen MR) is 56.5 cm³/mol. The van der Waals surface area contributed by atoms with Gasteiger partial charge in [-0.1, -0.05) is 15.9 Å². The first kappa shape index (κ1) is 8.72. The molecule has 13 heavy (non-hydrogen) atoms. The number of carboxylic acids is 1. The number of aromatic carboxylic acids is 1. The van der Waals surface area contributed by atoms with Crippen LogP contribution in [0.2, 0.25) is 0 Å². The molecule has 0 unspecified atom stereocenters. The molecule has 66 valence electrons. The van der Waals surface area contributed by atoms with Gasteiger partial charge in [-0.25, -0.2) is 4.79 Å². The minimum absolute atomic E-state index is 0.321.